The molecule has 3 rings (SSSR count). The summed E-state index contributed by atoms with van der Waals surface area (Å²) in [6, 6.07) is 6.61. The van der Waals surface area contributed by atoms with E-state index in [0.717, 1.165) is 5.39 Å². The number of amides is 2. The van der Waals surface area contributed by atoms with Gasteiger partial charge in [-0.1, -0.05) is 11.6 Å². The first-order valence-corrected chi connectivity index (χ1v) is 9.43. The Labute approximate surface area is 139 Å². The number of carbonyl (C=O) groups excluding carboxylic acids is 1. The van der Waals surface area contributed by atoms with Crippen LogP contribution in [0.4, 0.5) is 10.5 Å². The van der Waals surface area contributed by atoms with Crippen molar-refractivity contribution in [1.82, 2.24) is 10.3 Å². The highest BCUT2D eigenvalue weighted by Crippen LogP contribution is 2.27. The minimum Gasteiger partial charge on any atom is -0.338 e. The average molecular weight is 354 g/mol. The molecule has 2 heterocycles. The molecular formula is C15H16ClN3O3S. The van der Waals surface area contributed by atoms with E-state index in [4.69, 9.17) is 11.6 Å². The van der Waals surface area contributed by atoms with Gasteiger partial charge in [0.05, 0.1) is 27.7 Å². The molecule has 1 aliphatic heterocycles. The number of aromatic nitrogens is 1. The summed E-state index contributed by atoms with van der Waals surface area (Å²) >= 11 is 6.09. The van der Waals surface area contributed by atoms with Crippen LogP contribution in [0.5, 0.6) is 0 Å². The van der Waals surface area contributed by atoms with Gasteiger partial charge < -0.3 is 10.6 Å². The van der Waals surface area contributed by atoms with Crippen LogP contribution in [0, 0.1) is 5.92 Å². The fourth-order valence-electron chi connectivity index (χ4n) is 2.68. The highest BCUT2D eigenvalue weighted by atomic mass is 35.5. The number of carbonyl (C=O) groups is 1. The molecule has 1 saturated heterocycles. The van der Waals surface area contributed by atoms with Gasteiger partial charge in [0.1, 0.15) is 0 Å². The number of sulfone groups is 1. The maximum Gasteiger partial charge on any atom is 0.319 e. The predicted molar refractivity (Wildman–Crippen MR) is 90.5 cm³/mol. The maximum absolute atomic E-state index is 12.0. The van der Waals surface area contributed by atoms with Gasteiger partial charge in [-0.3, -0.25) is 4.98 Å². The Balaban J connectivity index is 1.66. The molecule has 6 nitrogen and oxygen atoms in total. The number of fused-ring (bicyclic) bond motifs is 1. The van der Waals surface area contributed by atoms with Gasteiger partial charge in [-0.15, -0.1) is 0 Å². The molecule has 1 aromatic carbocycles. The van der Waals surface area contributed by atoms with E-state index >= 15 is 0 Å². The molecule has 0 bridgehead atoms. The van der Waals surface area contributed by atoms with Crippen LogP contribution in [0.3, 0.4) is 0 Å². The number of hydrogen-bond donors (Lipinski definition) is 2. The molecule has 2 amide bonds. The number of nitrogens with zero attached hydrogens (tertiary/aromatic N) is 1. The lowest BCUT2D eigenvalue weighted by atomic mass is 10.1. The van der Waals surface area contributed by atoms with Gasteiger partial charge in [-0.25, -0.2) is 13.2 Å². The van der Waals surface area contributed by atoms with Gasteiger partial charge in [0.25, 0.3) is 0 Å². The molecule has 1 unspecified atom stereocenters. The minimum absolute atomic E-state index is 0.0191. The van der Waals surface area contributed by atoms with Crippen LogP contribution >= 0.6 is 11.6 Å². The van der Waals surface area contributed by atoms with Crippen LogP contribution in [0.1, 0.15) is 6.42 Å². The maximum atomic E-state index is 12.0. The fraction of sp³-hybridized carbons (Fsp3) is 0.333. The summed E-state index contributed by atoms with van der Waals surface area (Å²) < 4.78 is 22.8. The summed E-state index contributed by atoms with van der Waals surface area (Å²) in [7, 11) is -2.93. The van der Waals surface area contributed by atoms with E-state index in [-0.39, 0.29) is 23.5 Å². The van der Waals surface area contributed by atoms with Crippen LogP contribution < -0.4 is 10.6 Å². The summed E-state index contributed by atoms with van der Waals surface area (Å²) in [6.07, 6.45) is 2.23. The quantitative estimate of drug-likeness (QED) is 0.887. The van der Waals surface area contributed by atoms with Gasteiger partial charge in [0.2, 0.25) is 0 Å². The zero-order chi connectivity index (χ0) is 16.4. The molecule has 2 N–H and O–H groups in total. The molecule has 0 radical (unpaired) electrons. The SMILES string of the molecule is O=C(NCC1CCS(=O)(=O)C1)Nc1ccc(Cl)c2ncccc12. The highest BCUT2D eigenvalue weighted by Gasteiger charge is 2.27. The second-order valence-corrected chi connectivity index (χ2v) is 8.23. The van der Waals surface area contributed by atoms with Crippen molar-refractivity contribution in [2.75, 3.05) is 23.4 Å². The number of halogens is 1. The van der Waals surface area contributed by atoms with E-state index in [2.05, 4.69) is 15.6 Å². The number of hydrogen-bond acceptors (Lipinski definition) is 4. The minimum atomic E-state index is -2.93. The predicted octanol–water partition coefficient (Wildman–Crippen LogP) is 2.44. The van der Waals surface area contributed by atoms with Gasteiger partial charge >= 0.3 is 6.03 Å². The van der Waals surface area contributed by atoms with Gasteiger partial charge in [-0.05, 0) is 36.6 Å². The number of rotatable bonds is 3. The van der Waals surface area contributed by atoms with Crippen molar-refractivity contribution in [2.45, 2.75) is 6.42 Å². The molecule has 1 aromatic heterocycles. The second kappa shape index (κ2) is 6.33. The van der Waals surface area contributed by atoms with Crippen molar-refractivity contribution in [1.29, 1.82) is 0 Å². The van der Waals surface area contributed by atoms with Crippen molar-refractivity contribution in [3.8, 4) is 0 Å². The Morgan fingerprint density at radius 1 is 1.35 bits per heavy atom. The standard InChI is InChI=1S/C15H16ClN3O3S/c16-12-3-4-13(11-2-1-6-17-14(11)12)19-15(20)18-8-10-5-7-23(21,22)9-10/h1-4,6,10H,5,7-9H2,(H2,18,19,20). The summed E-state index contributed by atoms with van der Waals surface area (Å²) in [5.74, 6) is 0.324. The van der Waals surface area contributed by atoms with Crippen molar-refractivity contribution in [3.63, 3.8) is 0 Å². The molecule has 0 spiro atoms. The van der Waals surface area contributed by atoms with Crippen molar-refractivity contribution in [2.24, 2.45) is 5.92 Å². The van der Waals surface area contributed by atoms with E-state index < -0.39 is 9.84 Å². The Kier molecular flexibility index (Phi) is 4.41. The zero-order valence-corrected chi connectivity index (χ0v) is 13.8. The van der Waals surface area contributed by atoms with Crippen LogP contribution in [0.2, 0.25) is 5.02 Å². The molecule has 23 heavy (non-hydrogen) atoms. The van der Waals surface area contributed by atoms with Crippen LogP contribution in [-0.4, -0.2) is 37.5 Å². The van der Waals surface area contributed by atoms with Gasteiger partial charge in [-0.2, -0.15) is 0 Å². The summed E-state index contributed by atoms with van der Waals surface area (Å²) in [5, 5.41) is 6.75. The first-order chi connectivity index (χ1) is 10.9. The summed E-state index contributed by atoms with van der Waals surface area (Å²) in [6.45, 7) is 0.342. The number of benzene rings is 1. The van der Waals surface area contributed by atoms with E-state index in [9.17, 15) is 13.2 Å². The fourth-order valence-corrected chi connectivity index (χ4v) is 4.76. The lowest BCUT2D eigenvalue weighted by molar-refractivity contribution is 0.250. The monoisotopic (exact) mass is 353 g/mol. The van der Waals surface area contributed by atoms with Crippen molar-refractivity contribution in [3.05, 3.63) is 35.5 Å². The average Bonchev–Trinajstić information content (AvgIpc) is 2.88. The number of pyridine rings is 1. The molecule has 2 aromatic rings. The topological polar surface area (TPSA) is 88.2 Å². The Bertz CT molecular complexity index is 854. The molecule has 1 fully saturated rings. The number of nitrogens with one attached hydrogen (secondary N) is 2. The van der Waals surface area contributed by atoms with E-state index in [1.807, 2.05) is 6.07 Å². The first kappa shape index (κ1) is 16.0. The Morgan fingerprint density at radius 3 is 2.91 bits per heavy atom. The molecule has 1 atom stereocenters. The summed E-state index contributed by atoms with van der Waals surface area (Å²) in [5.41, 5.74) is 1.22. The molecule has 8 heteroatoms. The van der Waals surface area contributed by atoms with E-state index in [1.165, 1.54) is 0 Å². The Hall–Kier alpha value is -1.86. The van der Waals surface area contributed by atoms with E-state index in [0.29, 0.717) is 29.2 Å². The third-order valence-corrected chi connectivity index (χ3v) is 5.99. The highest BCUT2D eigenvalue weighted by molar-refractivity contribution is 7.91. The largest absolute Gasteiger partial charge is 0.338 e. The number of urea groups is 1. The molecule has 122 valence electrons. The molecule has 1 aliphatic rings. The second-order valence-electron chi connectivity index (χ2n) is 5.60. The van der Waals surface area contributed by atoms with Crippen LogP contribution in [0.15, 0.2) is 30.5 Å². The van der Waals surface area contributed by atoms with Gasteiger partial charge in [0.15, 0.2) is 9.84 Å². The number of anilines is 1. The van der Waals surface area contributed by atoms with Crippen LogP contribution in [-0.2, 0) is 9.84 Å². The first-order valence-electron chi connectivity index (χ1n) is 7.23. The van der Waals surface area contributed by atoms with Crippen molar-refractivity contribution < 1.29 is 13.2 Å². The van der Waals surface area contributed by atoms with Crippen molar-refractivity contribution >= 4 is 44.1 Å². The van der Waals surface area contributed by atoms with E-state index in [1.54, 1.807) is 24.4 Å². The molecular weight excluding hydrogens is 338 g/mol. The molecule has 0 aliphatic carbocycles. The third kappa shape index (κ3) is 3.73. The van der Waals surface area contributed by atoms with Gasteiger partial charge in [0, 0.05) is 18.1 Å². The Morgan fingerprint density at radius 2 is 2.17 bits per heavy atom. The lowest BCUT2D eigenvalue weighted by Gasteiger charge is -2.12. The third-order valence-electron chi connectivity index (χ3n) is 3.85. The van der Waals surface area contributed by atoms with Crippen LogP contribution in [0.25, 0.3) is 10.9 Å². The molecule has 0 saturated carbocycles. The normalized spacial score (nSPS) is 19.6. The smallest absolute Gasteiger partial charge is 0.319 e. The zero-order valence-electron chi connectivity index (χ0n) is 12.3. The lowest BCUT2D eigenvalue weighted by Crippen LogP contribution is -2.33. The summed E-state index contributed by atoms with van der Waals surface area (Å²) in [4.78, 5) is 16.2.